The third-order valence-electron chi connectivity index (χ3n) is 3.65. The summed E-state index contributed by atoms with van der Waals surface area (Å²) < 4.78 is 0. The predicted octanol–water partition coefficient (Wildman–Crippen LogP) is 3.84. The molecule has 3 heteroatoms. The molecule has 3 nitrogen and oxygen atoms in total. The summed E-state index contributed by atoms with van der Waals surface area (Å²) in [5.41, 5.74) is 4.37. The van der Waals surface area contributed by atoms with Gasteiger partial charge in [-0.1, -0.05) is 48.5 Å². The van der Waals surface area contributed by atoms with Crippen molar-refractivity contribution in [2.45, 2.75) is 13.3 Å². The first-order chi connectivity index (χ1) is 10.2. The highest BCUT2D eigenvalue weighted by atomic mass is 16.4. The summed E-state index contributed by atoms with van der Waals surface area (Å²) in [7, 11) is 0. The molecule has 104 valence electrons. The first kappa shape index (κ1) is 13.3. The van der Waals surface area contributed by atoms with Gasteiger partial charge in [-0.25, -0.2) is 4.98 Å². The number of carbonyl (C=O) groups is 1. The van der Waals surface area contributed by atoms with E-state index in [1.807, 2.05) is 61.5 Å². The number of benzene rings is 2. The molecule has 2 aromatic carbocycles. The summed E-state index contributed by atoms with van der Waals surface area (Å²) in [6.45, 7) is 1.97. The van der Waals surface area contributed by atoms with Crippen LogP contribution in [-0.4, -0.2) is 16.1 Å². The lowest BCUT2D eigenvalue weighted by Crippen LogP contribution is -2.06. The van der Waals surface area contributed by atoms with Gasteiger partial charge in [-0.2, -0.15) is 0 Å². The van der Waals surface area contributed by atoms with E-state index < -0.39 is 5.97 Å². The molecule has 3 rings (SSSR count). The minimum Gasteiger partial charge on any atom is -0.481 e. The number of aryl methyl sites for hydroxylation is 1. The maximum Gasteiger partial charge on any atom is 0.307 e. The van der Waals surface area contributed by atoms with Crippen molar-refractivity contribution in [1.29, 1.82) is 0 Å². The molecule has 1 N–H and O–H groups in total. The number of para-hydroxylation sites is 1. The average molecular weight is 277 g/mol. The summed E-state index contributed by atoms with van der Waals surface area (Å²) in [5.74, 6) is -0.840. The van der Waals surface area contributed by atoms with E-state index in [1.54, 1.807) is 0 Å². The number of nitrogens with zero attached hydrogens (tertiary/aromatic N) is 1. The molecule has 0 fully saturated rings. The molecule has 0 saturated heterocycles. The van der Waals surface area contributed by atoms with Crippen LogP contribution in [0.15, 0.2) is 54.6 Å². The fraction of sp³-hybridized carbons (Fsp3) is 0.111. The summed E-state index contributed by atoms with van der Waals surface area (Å²) >= 11 is 0. The first-order valence-electron chi connectivity index (χ1n) is 6.82. The van der Waals surface area contributed by atoms with Crippen LogP contribution in [0.1, 0.15) is 11.1 Å². The lowest BCUT2D eigenvalue weighted by molar-refractivity contribution is -0.136. The number of aromatic nitrogens is 1. The minimum atomic E-state index is -0.840. The molecule has 0 aliphatic carbocycles. The van der Waals surface area contributed by atoms with Crippen molar-refractivity contribution in [3.63, 3.8) is 0 Å². The molecule has 1 heterocycles. The number of hydrogen-bond donors (Lipinski definition) is 1. The molecule has 0 spiro atoms. The van der Waals surface area contributed by atoms with Crippen LogP contribution in [0, 0.1) is 6.92 Å². The lowest BCUT2D eigenvalue weighted by atomic mass is 9.95. The number of hydrogen-bond acceptors (Lipinski definition) is 2. The summed E-state index contributed by atoms with van der Waals surface area (Å²) in [6.07, 6.45) is -0.0199. The molecule has 0 aliphatic heterocycles. The second-order valence-corrected chi connectivity index (χ2v) is 5.02. The van der Waals surface area contributed by atoms with Crippen LogP contribution in [0.25, 0.3) is 22.2 Å². The van der Waals surface area contributed by atoms with Crippen molar-refractivity contribution in [2.75, 3.05) is 0 Å². The fourth-order valence-electron chi connectivity index (χ4n) is 2.62. The lowest BCUT2D eigenvalue weighted by Gasteiger charge is -2.13. The smallest absolute Gasteiger partial charge is 0.307 e. The van der Waals surface area contributed by atoms with Gasteiger partial charge in [-0.15, -0.1) is 0 Å². The number of carboxylic acid groups (broad SMARTS) is 1. The molecule has 21 heavy (non-hydrogen) atoms. The number of pyridine rings is 1. The van der Waals surface area contributed by atoms with E-state index >= 15 is 0 Å². The van der Waals surface area contributed by atoms with Gasteiger partial charge in [-0.3, -0.25) is 4.79 Å². The van der Waals surface area contributed by atoms with Gasteiger partial charge < -0.3 is 5.11 Å². The van der Waals surface area contributed by atoms with Gasteiger partial charge in [0, 0.05) is 10.9 Å². The molecule has 0 saturated carbocycles. The zero-order valence-corrected chi connectivity index (χ0v) is 11.7. The molecular formula is C18H15NO2. The molecule has 1 aromatic heterocycles. The number of rotatable bonds is 3. The molecule has 0 unspecified atom stereocenters. The second-order valence-electron chi connectivity index (χ2n) is 5.02. The van der Waals surface area contributed by atoms with Crippen molar-refractivity contribution in [2.24, 2.45) is 0 Å². The van der Waals surface area contributed by atoms with E-state index in [-0.39, 0.29) is 6.42 Å². The Bertz CT molecular complexity index is 810. The Morgan fingerprint density at radius 2 is 1.71 bits per heavy atom. The van der Waals surface area contributed by atoms with E-state index in [0.29, 0.717) is 0 Å². The molecular weight excluding hydrogens is 262 g/mol. The maximum atomic E-state index is 11.2. The monoisotopic (exact) mass is 277 g/mol. The third-order valence-corrected chi connectivity index (χ3v) is 3.65. The van der Waals surface area contributed by atoms with Crippen molar-refractivity contribution in [3.8, 4) is 11.3 Å². The Balaban J connectivity index is 2.33. The summed E-state index contributed by atoms with van der Waals surface area (Å²) in [4.78, 5) is 15.9. The van der Waals surface area contributed by atoms with Gasteiger partial charge in [0.25, 0.3) is 0 Å². The SMILES string of the molecule is Cc1c(CC(=O)O)c(-c2ccccc2)nc2ccccc12. The van der Waals surface area contributed by atoms with Gasteiger partial charge >= 0.3 is 5.97 Å². The summed E-state index contributed by atoms with van der Waals surface area (Å²) in [5, 5.41) is 10.2. The second kappa shape index (κ2) is 5.37. The molecule has 0 radical (unpaired) electrons. The Hall–Kier alpha value is -2.68. The molecule has 0 bridgehead atoms. The number of aliphatic carboxylic acids is 1. The van der Waals surface area contributed by atoms with E-state index in [9.17, 15) is 9.90 Å². The van der Waals surface area contributed by atoms with Crippen molar-refractivity contribution in [3.05, 3.63) is 65.7 Å². The maximum absolute atomic E-state index is 11.2. The van der Waals surface area contributed by atoms with E-state index in [1.165, 1.54) is 0 Å². The van der Waals surface area contributed by atoms with Gasteiger partial charge in [0.2, 0.25) is 0 Å². The highest BCUT2D eigenvalue weighted by Gasteiger charge is 2.15. The summed E-state index contributed by atoms with van der Waals surface area (Å²) in [6, 6.07) is 17.6. The zero-order valence-electron chi connectivity index (χ0n) is 11.7. The highest BCUT2D eigenvalue weighted by molar-refractivity contribution is 5.89. The van der Waals surface area contributed by atoms with Crippen molar-refractivity contribution in [1.82, 2.24) is 4.98 Å². The van der Waals surface area contributed by atoms with Crippen molar-refractivity contribution < 1.29 is 9.90 Å². The van der Waals surface area contributed by atoms with Crippen LogP contribution in [0.3, 0.4) is 0 Å². The van der Waals surface area contributed by atoms with Gasteiger partial charge in [0.05, 0.1) is 17.6 Å². The molecule has 0 amide bonds. The van der Waals surface area contributed by atoms with Crippen LogP contribution in [-0.2, 0) is 11.2 Å². The van der Waals surface area contributed by atoms with Crippen LogP contribution < -0.4 is 0 Å². The standard InChI is InChI=1S/C18H15NO2/c1-12-14-9-5-6-10-16(14)19-18(15(12)11-17(20)21)13-7-3-2-4-8-13/h2-10H,11H2,1H3,(H,20,21). The normalized spacial score (nSPS) is 10.7. The van der Waals surface area contributed by atoms with Gasteiger partial charge in [0.15, 0.2) is 0 Å². The molecule has 0 aliphatic rings. The average Bonchev–Trinajstić information content (AvgIpc) is 2.50. The predicted molar refractivity (Wildman–Crippen MR) is 83.3 cm³/mol. The van der Waals surface area contributed by atoms with Crippen LogP contribution in [0.2, 0.25) is 0 Å². The number of fused-ring (bicyclic) bond motifs is 1. The number of carboxylic acids is 1. The molecule has 0 atom stereocenters. The van der Waals surface area contributed by atoms with E-state index in [0.717, 1.165) is 33.3 Å². The topological polar surface area (TPSA) is 50.2 Å². The fourth-order valence-corrected chi connectivity index (χ4v) is 2.62. The van der Waals surface area contributed by atoms with Crippen LogP contribution in [0.5, 0.6) is 0 Å². The van der Waals surface area contributed by atoms with Crippen LogP contribution in [0.4, 0.5) is 0 Å². The minimum absolute atomic E-state index is 0.0199. The molecule has 3 aromatic rings. The largest absolute Gasteiger partial charge is 0.481 e. The first-order valence-corrected chi connectivity index (χ1v) is 6.82. The Kier molecular flexibility index (Phi) is 3.40. The van der Waals surface area contributed by atoms with Crippen LogP contribution >= 0.6 is 0 Å². The van der Waals surface area contributed by atoms with Crippen molar-refractivity contribution >= 4 is 16.9 Å². The van der Waals surface area contributed by atoms with E-state index in [4.69, 9.17) is 4.98 Å². The quantitative estimate of drug-likeness (QED) is 0.791. The van der Waals surface area contributed by atoms with Gasteiger partial charge in [0.1, 0.15) is 0 Å². The van der Waals surface area contributed by atoms with Gasteiger partial charge in [-0.05, 0) is 24.1 Å². The zero-order chi connectivity index (χ0) is 14.8. The Morgan fingerprint density at radius 1 is 1.05 bits per heavy atom. The third kappa shape index (κ3) is 2.50. The van der Waals surface area contributed by atoms with E-state index in [2.05, 4.69) is 0 Å². The Labute approximate surface area is 122 Å². The Morgan fingerprint density at radius 3 is 2.43 bits per heavy atom. The highest BCUT2D eigenvalue weighted by Crippen LogP contribution is 2.29.